The summed E-state index contributed by atoms with van der Waals surface area (Å²) in [6.45, 7) is 0.916. The fourth-order valence-electron chi connectivity index (χ4n) is 3.76. The quantitative estimate of drug-likeness (QED) is 0.521. The number of halogens is 1. The van der Waals surface area contributed by atoms with Crippen LogP contribution in [0.1, 0.15) is 35.4 Å². The van der Waals surface area contributed by atoms with Gasteiger partial charge in [0.1, 0.15) is 5.75 Å². The number of hydrogen-bond donors (Lipinski definition) is 3. The smallest absolute Gasteiger partial charge is 0.319 e. The number of carbonyl (C=O) groups excluding carboxylic acids is 2. The summed E-state index contributed by atoms with van der Waals surface area (Å²) < 4.78 is 21.1. The van der Waals surface area contributed by atoms with E-state index in [0.29, 0.717) is 46.0 Å². The third-order valence-corrected chi connectivity index (χ3v) is 6.72. The third kappa shape index (κ3) is 4.91. The molecule has 1 saturated carbocycles. The van der Waals surface area contributed by atoms with E-state index in [9.17, 15) is 19.1 Å². The van der Waals surface area contributed by atoms with Gasteiger partial charge in [-0.15, -0.1) is 11.3 Å². The second-order valence-electron chi connectivity index (χ2n) is 8.30. The average Bonchev–Trinajstić information content (AvgIpc) is 3.49. The Morgan fingerprint density at radius 1 is 1.18 bits per heavy atom. The first-order chi connectivity index (χ1) is 16.0. The molecule has 3 aromatic rings. The first kappa shape index (κ1) is 21.6. The minimum atomic E-state index is -0.626. The Morgan fingerprint density at radius 3 is 2.79 bits per heavy atom. The number of piperidine rings is 1. The topological polar surface area (TPSA) is 104 Å². The lowest BCUT2D eigenvalue weighted by atomic mass is 10.1. The number of aliphatic hydroxyl groups excluding tert-OH is 1. The van der Waals surface area contributed by atoms with Crippen molar-refractivity contribution >= 4 is 39.2 Å². The van der Waals surface area contributed by atoms with Crippen molar-refractivity contribution in [2.75, 3.05) is 18.4 Å². The van der Waals surface area contributed by atoms with Crippen LogP contribution in [0.2, 0.25) is 0 Å². The van der Waals surface area contributed by atoms with Crippen molar-refractivity contribution in [3.05, 3.63) is 47.2 Å². The summed E-state index contributed by atoms with van der Waals surface area (Å²) in [6, 6.07) is 7.36. The van der Waals surface area contributed by atoms with Crippen molar-refractivity contribution in [2.24, 2.45) is 0 Å². The number of rotatable bonds is 5. The number of anilines is 1. The normalized spacial score (nSPS) is 18.2. The Hall–Kier alpha value is -3.24. The summed E-state index contributed by atoms with van der Waals surface area (Å²) >= 11 is 1.23. The van der Waals surface area contributed by atoms with E-state index in [-0.39, 0.29) is 23.7 Å². The van der Waals surface area contributed by atoms with E-state index in [1.807, 2.05) is 0 Å². The summed E-state index contributed by atoms with van der Waals surface area (Å²) in [7, 11) is 0. The minimum absolute atomic E-state index is 0.00363. The van der Waals surface area contributed by atoms with Crippen molar-refractivity contribution in [3.8, 4) is 11.5 Å². The molecule has 1 saturated heterocycles. The molecule has 2 aromatic heterocycles. The van der Waals surface area contributed by atoms with Gasteiger partial charge in [0.05, 0.1) is 21.2 Å². The van der Waals surface area contributed by atoms with Gasteiger partial charge in [-0.3, -0.25) is 9.78 Å². The molecular weight excluding hydrogens is 447 g/mol. The van der Waals surface area contributed by atoms with Crippen molar-refractivity contribution in [2.45, 2.75) is 37.8 Å². The van der Waals surface area contributed by atoms with Crippen LogP contribution in [0.4, 0.5) is 14.9 Å². The maximum Gasteiger partial charge on any atom is 0.319 e. The Balaban J connectivity index is 1.33. The second kappa shape index (κ2) is 8.95. The van der Waals surface area contributed by atoms with Crippen molar-refractivity contribution in [1.29, 1.82) is 0 Å². The summed E-state index contributed by atoms with van der Waals surface area (Å²) in [5, 5.41) is 15.3. The molecule has 1 aliphatic heterocycles. The molecule has 3 amide bonds. The molecule has 5 rings (SSSR count). The molecule has 0 bridgehead atoms. The zero-order chi connectivity index (χ0) is 22.9. The van der Waals surface area contributed by atoms with Crippen LogP contribution in [0.15, 0.2) is 36.5 Å². The maximum atomic E-state index is 14.7. The van der Waals surface area contributed by atoms with Gasteiger partial charge in [-0.1, -0.05) is 0 Å². The van der Waals surface area contributed by atoms with Crippen LogP contribution in [0.25, 0.3) is 10.2 Å². The van der Waals surface area contributed by atoms with E-state index in [0.717, 1.165) is 19.3 Å². The van der Waals surface area contributed by atoms with Gasteiger partial charge >= 0.3 is 6.03 Å². The number of nitrogens with one attached hydrogen (secondary N) is 2. The van der Waals surface area contributed by atoms with E-state index < -0.39 is 11.9 Å². The van der Waals surface area contributed by atoms with Crippen LogP contribution in [-0.4, -0.2) is 52.2 Å². The summed E-state index contributed by atoms with van der Waals surface area (Å²) in [5.74, 6) is -0.405. The molecule has 1 aliphatic carbocycles. The van der Waals surface area contributed by atoms with E-state index in [2.05, 4.69) is 15.6 Å². The number of ether oxygens (including phenoxy) is 1. The molecule has 0 unspecified atom stereocenters. The van der Waals surface area contributed by atoms with E-state index >= 15 is 0 Å². The minimum Gasteiger partial charge on any atom is -0.453 e. The number of amides is 3. The van der Waals surface area contributed by atoms with Crippen LogP contribution in [0.5, 0.6) is 11.5 Å². The zero-order valence-corrected chi connectivity index (χ0v) is 18.5. The van der Waals surface area contributed by atoms with Gasteiger partial charge < -0.3 is 25.4 Å². The number of nitrogens with zero attached hydrogens (tertiary/aromatic N) is 2. The molecule has 8 nitrogen and oxygen atoms in total. The highest BCUT2D eigenvalue weighted by atomic mass is 32.1. The molecule has 10 heteroatoms. The van der Waals surface area contributed by atoms with Crippen LogP contribution in [0, 0.1) is 5.82 Å². The zero-order valence-electron chi connectivity index (χ0n) is 17.7. The monoisotopic (exact) mass is 470 g/mol. The van der Waals surface area contributed by atoms with E-state index in [4.69, 9.17) is 4.74 Å². The number of hydrogen-bond acceptors (Lipinski definition) is 6. The lowest BCUT2D eigenvalue weighted by molar-refractivity contribution is 0.0478. The van der Waals surface area contributed by atoms with Gasteiger partial charge in [0.15, 0.2) is 11.6 Å². The van der Waals surface area contributed by atoms with Gasteiger partial charge in [0.25, 0.3) is 5.91 Å². The molecule has 2 aliphatic rings. The fraction of sp³-hybridized carbons (Fsp3) is 0.348. The van der Waals surface area contributed by atoms with Gasteiger partial charge in [-0.2, -0.15) is 0 Å². The average molecular weight is 471 g/mol. The molecule has 0 spiro atoms. The molecule has 1 aromatic carbocycles. The summed E-state index contributed by atoms with van der Waals surface area (Å²) in [5.41, 5.74) is 0.902. The number of aliphatic hydroxyl groups is 1. The summed E-state index contributed by atoms with van der Waals surface area (Å²) in [4.78, 5) is 31.2. The third-order valence-electron chi connectivity index (χ3n) is 5.59. The number of aromatic nitrogens is 1. The highest BCUT2D eigenvalue weighted by Crippen LogP contribution is 2.36. The molecule has 172 valence electrons. The Morgan fingerprint density at radius 2 is 2.03 bits per heavy atom. The largest absolute Gasteiger partial charge is 0.453 e. The van der Waals surface area contributed by atoms with Gasteiger partial charge in [-0.05, 0) is 43.9 Å². The van der Waals surface area contributed by atoms with Crippen LogP contribution >= 0.6 is 11.3 Å². The number of likely N-dealkylation sites (tertiary alicyclic amines) is 1. The number of urea groups is 1. The maximum absolute atomic E-state index is 14.7. The molecule has 0 radical (unpaired) electrons. The molecule has 33 heavy (non-hydrogen) atoms. The lowest BCUT2D eigenvalue weighted by Gasteiger charge is -2.29. The molecule has 1 atom stereocenters. The number of β-amino-alcohol motifs (C(OH)–C–C–N with tert-alkyl or cyclic N) is 1. The van der Waals surface area contributed by atoms with Crippen molar-refractivity contribution in [1.82, 2.24) is 15.2 Å². The molecule has 3 heterocycles. The number of thiophene rings is 1. The van der Waals surface area contributed by atoms with E-state index in [1.165, 1.54) is 23.5 Å². The number of pyridine rings is 1. The van der Waals surface area contributed by atoms with Gasteiger partial charge in [-0.25, -0.2) is 9.18 Å². The molecule has 2 fully saturated rings. The number of fused-ring (bicyclic) bond motifs is 1. The van der Waals surface area contributed by atoms with Crippen LogP contribution in [0.3, 0.4) is 0 Å². The molecule has 3 N–H and O–H groups in total. The van der Waals surface area contributed by atoms with Crippen molar-refractivity contribution < 1.29 is 23.8 Å². The van der Waals surface area contributed by atoms with Gasteiger partial charge in [0.2, 0.25) is 0 Å². The predicted octanol–water partition coefficient (Wildman–Crippen LogP) is 4.11. The fourth-order valence-corrected chi connectivity index (χ4v) is 4.79. The second-order valence-corrected chi connectivity index (χ2v) is 9.35. The Labute approximate surface area is 193 Å². The van der Waals surface area contributed by atoms with Gasteiger partial charge in [0, 0.05) is 43.1 Å². The number of carbonyl (C=O) groups is 2. The Bertz CT molecular complexity index is 1210. The SMILES string of the molecule is O=C(Nc1ccc(Oc2ccnc3cc(C(=O)N4CCC[C@@H](O)C4)sc23)c(F)c1)NC1CC1. The van der Waals surface area contributed by atoms with E-state index in [1.54, 1.807) is 29.3 Å². The Kier molecular flexibility index (Phi) is 5.86. The summed E-state index contributed by atoms with van der Waals surface area (Å²) in [6.07, 6.45) is 4.42. The highest BCUT2D eigenvalue weighted by Gasteiger charge is 2.25. The molecular formula is C23H23FN4O4S. The van der Waals surface area contributed by atoms with Crippen LogP contribution < -0.4 is 15.4 Å². The lowest BCUT2D eigenvalue weighted by Crippen LogP contribution is -2.41. The van der Waals surface area contributed by atoms with Crippen molar-refractivity contribution in [3.63, 3.8) is 0 Å². The number of benzene rings is 1. The first-order valence-electron chi connectivity index (χ1n) is 10.9. The highest BCUT2D eigenvalue weighted by molar-refractivity contribution is 7.21. The predicted molar refractivity (Wildman–Crippen MR) is 122 cm³/mol. The standard InChI is InChI=1S/C23H23FN4O4S/c24-16-10-14(27-23(31)26-13-3-4-13)5-6-18(16)32-19-7-8-25-17-11-20(33-21(17)19)22(30)28-9-1-2-15(29)12-28/h5-8,10-11,13,15,29H,1-4,9,12H2,(H2,26,27,31)/t15-/m1/s1. The first-order valence-corrected chi connectivity index (χ1v) is 11.7. The van der Waals surface area contributed by atoms with Crippen LogP contribution in [-0.2, 0) is 0 Å².